The molecule has 3 rings (SSSR count). The van der Waals surface area contributed by atoms with Gasteiger partial charge in [0.25, 0.3) is 0 Å². The van der Waals surface area contributed by atoms with Crippen LogP contribution in [0.4, 0.5) is 0 Å². The van der Waals surface area contributed by atoms with Crippen LogP contribution >= 0.6 is 12.2 Å². The molecule has 20 heavy (non-hydrogen) atoms. The highest BCUT2D eigenvalue weighted by Gasteiger charge is 2.15. The van der Waals surface area contributed by atoms with Crippen LogP contribution in [0.2, 0.25) is 0 Å². The minimum Gasteiger partial charge on any atom is -0.360 e. The Morgan fingerprint density at radius 1 is 1.20 bits per heavy atom. The van der Waals surface area contributed by atoms with Gasteiger partial charge in [-0.1, -0.05) is 37.1 Å². The summed E-state index contributed by atoms with van der Waals surface area (Å²) in [5.41, 5.74) is 2.23. The lowest BCUT2D eigenvalue weighted by molar-refractivity contribution is 0.621. The van der Waals surface area contributed by atoms with Gasteiger partial charge in [0, 0.05) is 24.2 Å². The van der Waals surface area contributed by atoms with Crippen LogP contribution in [0.15, 0.2) is 36.5 Å². The standard InChI is InChI=1S/C16H19N3S/c20-16(19-14-8-1-2-9-14)18-11-13-6-3-5-12-7-4-10-17-15(12)13/h3-7,10,14H,1-2,8-9,11H2,(H2,18,19,20). The van der Waals surface area contributed by atoms with E-state index in [9.17, 15) is 0 Å². The predicted octanol–water partition coefficient (Wildman–Crippen LogP) is 3.14. The summed E-state index contributed by atoms with van der Waals surface area (Å²) < 4.78 is 0. The number of hydrogen-bond donors (Lipinski definition) is 2. The van der Waals surface area contributed by atoms with E-state index in [0.29, 0.717) is 12.6 Å². The molecule has 104 valence electrons. The summed E-state index contributed by atoms with van der Waals surface area (Å²) >= 11 is 5.37. The SMILES string of the molecule is S=C(NCc1cccc2cccnc12)NC1CCCC1. The highest BCUT2D eigenvalue weighted by Crippen LogP contribution is 2.18. The fraction of sp³-hybridized carbons (Fsp3) is 0.375. The minimum atomic E-state index is 0.556. The van der Waals surface area contributed by atoms with E-state index in [1.54, 1.807) is 0 Å². The number of nitrogens with zero attached hydrogens (tertiary/aromatic N) is 1. The van der Waals surface area contributed by atoms with Crippen molar-refractivity contribution in [1.82, 2.24) is 15.6 Å². The number of para-hydroxylation sites is 1. The van der Waals surface area contributed by atoms with Gasteiger partial charge >= 0.3 is 0 Å². The Morgan fingerprint density at radius 2 is 2.00 bits per heavy atom. The van der Waals surface area contributed by atoms with Gasteiger partial charge in [-0.15, -0.1) is 0 Å². The van der Waals surface area contributed by atoms with E-state index in [0.717, 1.165) is 10.6 Å². The van der Waals surface area contributed by atoms with Crippen LogP contribution in [0.1, 0.15) is 31.2 Å². The highest BCUT2D eigenvalue weighted by atomic mass is 32.1. The van der Waals surface area contributed by atoms with Crippen molar-refractivity contribution in [2.24, 2.45) is 0 Å². The molecule has 0 amide bonds. The summed E-state index contributed by atoms with van der Waals surface area (Å²) in [6.45, 7) is 0.715. The number of hydrogen-bond acceptors (Lipinski definition) is 2. The van der Waals surface area contributed by atoms with E-state index in [1.807, 2.05) is 12.3 Å². The maximum absolute atomic E-state index is 5.37. The first-order valence-corrected chi connectivity index (χ1v) is 7.61. The van der Waals surface area contributed by atoms with Crippen molar-refractivity contribution >= 4 is 28.2 Å². The van der Waals surface area contributed by atoms with Gasteiger partial charge < -0.3 is 10.6 Å². The second kappa shape index (κ2) is 6.18. The molecule has 1 aromatic carbocycles. The second-order valence-electron chi connectivity index (χ2n) is 5.30. The number of benzene rings is 1. The Kier molecular flexibility index (Phi) is 4.11. The molecule has 0 saturated heterocycles. The zero-order valence-electron chi connectivity index (χ0n) is 11.4. The largest absolute Gasteiger partial charge is 0.360 e. The van der Waals surface area contributed by atoms with Gasteiger partial charge in [-0.05, 0) is 36.7 Å². The van der Waals surface area contributed by atoms with Crippen LogP contribution in [-0.4, -0.2) is 16.1 Å². The maximum atomic E-state index is 5.37. The van der Waals surface area contributed by atoms with Gasteiger partial charge in [-0.2, -0.15) is 0 Å². The molecular formula is C16H19N3S. The van der Waals surface area contributed by atoms with E-state index < -0.39 is 0 Å². The minimum absolute atomic E-state index is 0.556. The van der Waals surface area contributed by atoms with E-state index in [2.05, 4.69) is 39.9 Å². The highest BCUT2D eigenvalue weighted by molar-refractivity contribution is 7.80. The summed E-state index contributed by atoms with van der Waals surface area (Å²) in [7, 11) is 0. The summed E-state index contributed by atoms with van der Waals surface area (Å²) in [6.07, 6.45) is 6.93. The van der Waals surface area contributed by atoms with Gasteiger partial charge in [-0.25, -0.2) is 0 Å². The predicted molar refractivity (Wildman–Crippen MR) is 86.6 cm³/mol. The molecule has 2 N–H and O–H groups in total. The third kappa shape index (κ3) is 3.07. The number of fused-ring (bicyclic) bond motifs is 1. The quantitative estimate of drug-likeness (QED) is 0.850. The van der Waals surface area contributed by atoms with Crippen molar-refractivity contribution in [2.45, 2.75) is 38.3 Å². The molecule has 0 bridgehead atoms. The van der Waals surface area contributed by atoms with Crippen LogP contribution in [0, 0.1) is 0 Å². The van der Waals surface area contributed by atoms with Crippen molar-refractivity contribution in [3.63, 3.8) is 0 Å². The van der Waals surface area contributed by atoms with Crippen LogP contribution in [0.5, 0.6) is 0 Å². The second-order valence-corrected chi connectivity index (χ2v) is 5.71. The monoisotopic (exact) mass is 285 g/mol. The van der Waals surface area contributed by atoms with Crippen molar-refractivity contribution in [3.05, 3.63) is 42.1 Å². The Balaban J connectivity index is 1.63. The summed E-state index contributed by atoms with van der Waals surface area (Å²) in [6, 6.07) is 10.9. The molecular weight excluding hydrogens is 266 g/mol. The van der Waals surface area contributed by atoms with Crippen molar-refractivity contribution in [3.8, 4) is 0 Å². The number of thiocarbonyl (C=S) groups is 1. The van der Waals surface area contributed by atoms with Crippen molar-refractivity contribution in [2.75, 3.05) is 0 Å². The number of nitrogens with one attached hydrogen (secondary N) is 2. The average molecular weight is 285 g/mol. The van der Waals surface area contributed by atoms with Gasteiger partial charge in [-0.3, -0.25) is 4.98 Å². The average Bonchev–Trinajstić information content (AvgIpc) is 2.98. The summed E-state index contributed by atoms with van der Waals surface area (Å²) in [5.74, 6) is 0. The first kappa shape index (κ1) is 13.3. The molecule has 0 unspecified atom stereocenters. The van der Waals surface area contributed by atoms with E-state index in [-0.39, 0.29) is 0 Å². The van der Waals surface area contributed by atoms with E-state index in [1.165, 1.54) is 36.6 Å². The lowest BCUT2D eigenvalue weighted by Crippen LogP contribution is -2.40. The normalized spacial score (nSPS) is 15.4. The van der Waals surface area contributed by atoms with Gasteiger partial charge in [0.1, 0.15) is 0 Å². The van der Waals surface area contributed by atoms with Crippen LogP contribution in [0.25, 0.3) is 10.9 Å². The molecule has 4 heteroatoms. The third-order valence-corrected chi connectivity index (χ3v) is 4.11. The fourth-order valence-electron chi connectivity index (χ4n) is 2.79. The van der Waals surface area contributed by atoms with Crippen LogP contribution < -0.4 is 10.6 Å². The topological polar surface area (TPSA) is 37.0 Å². The number of pyridine rings is 1. The maximum Gasteiger partial charge on any atom is 0.166 e. The molecule has 1 aromatic heterocycles. The molecule has 1 aliphatic rings. The summed E-state index contributed by atoms with van der Waals surface area (Å²) in [4.78, 5) is 4.46. The molecule has 2 aromatic rings. The number of rotatable bonds is 3. The van der Waals surface area contributed by atoms with E-state index in [4.69, 9.17) is 12.2 Å². The first-order valence-electron chi connectivity index (χ1n) is 7.20. The van der Waals surface area contributed by atoms with Gasteiger partial charge in [0.05, 0.1) is 5.52 Å². The van der Waals surface area contributed by atoms with Gasteiger partial charge in [0.15, 0.2) is 5.11 Å². The Morgan fingerprint density at radius 3 is 2.85 bits per heavy atom. The van der Waals surface area contributed by atoms with Gasteiger partial charge in [0.2, 0.25) is 0 Å². The van der Waals surface area contributed by atoms with Crippen molar-refractivity contribution in [1.29, 1.82) is 0 Å². The van der Waals surface area contributed by atoms with Crippen LogP contribution in [0.3, 0.4) is 0 Å². The molecule has 0 atom stereocenters. The smallest absolute Gasteiger partial charge is 0.166 e. The zero-order chi connectivity index (χ0) is 13.8. The first-order chi connectivity index (χ1) is 9.83. The third-order valence-electron chi connectivity index (χ3n) is 3.85. The van der Waals surface area contributed by atoms with Crippen LogP contribution in [-0.2, 0) is 6.54 Å². The molecule has 0 aliphatic heterocycles. The Hall–Kier alpha value is -1.68. The molecule has 0 spiro atoms. The van der Waals surface area contributed by atoms with E-state index >= 15 is 0 Å². The fourth-order valence-corrected chi connectivity index (χ4v) is 3.03. The molecule has 1 aliphatic carbocycles. The van der Waals surface area contributed by atoms with Crippen molar-refractivity contribution < 1.29 is 0 Å². The Labute approximate surface area is 124 Å². The zero-order valence-corrected chi connectivity index (χ0v) is 12.2. The molecule has 1 saturated carbocycles. The molecule has 0 radical (unpaired) electrons. The molecule has 1 heterocycles. The lowest BCUT2D eigenvalue weighted by Gasteiger charge is -2.16. The molecule has 3 nitrogen and oxygen atoms in total. The summed E-state index contributed by atoms with van der Waals surface area (Å²) in [5, 5.41) is 8.62. The lowest BCUT2D eigenvalue weighted by atomic mass is 10.1. The number of aromatic nitrogens is 1. The molecule has 1 fully saturated rings. The Bertz CT molecular complexity index is 600.